The number of aromatic amines is 1. The molecule has 0 spiro atoms. The highest BCUT2D eigenvalue weighted by molar-refractivity contribution is 6.10. The van der Waals surface area contributed by atoms with Crippen molar-refractivity contribution in [3.05, 3.63) is 142 Å². The number of aromatic nitrogens is 3. The number of hydrogen-bond acceptors (Lipinski definition) is 12. The summed E-state index contributed by atoms with van der Waals surface area (Å²) in [5.41, 5.74) is 2.49. The van der Waals surface area contributed by atoms with E-state index in [9.17, 15) is 44.4 Å². The Bertz CT molecular complexity index is 2560. The van der Waals surface area contributed by atoms with E-state index in [0.717, 1.165) is 30.0 Å². The van der Waals surface area contributed by atoms with Gasteiger partial charge in [-0.2, -0.15) is 15.4 Å². The van der Waals surface area contributed by atoms with Crippen LogP contribution in [-0.4, -0.2) is 85.7 Å². The number of H-pyrrole nitrogens is 1. The van der Waals surface area contributed by atoms with Crippen LogP contribution in [0.3, 0.4) is 0 Å². The van der Waals surface area contributed by atoms with Crippen LogP contribution in [-0.2, 0) is 24.1 Å². The van der Waals surface area contributed by atoms with Crippen LogP contribution in [0.25, 0.3) is 0 Å². The summed E-state index contributed by atoms with van der Waals surface area (Å²) < 4.78 is 10.4. The van der Waals surface area contributed by atoms with Crippen molar-refractivity contribution in [2.45, 2.75) is 25.3 Å². The van der Waals surface area contributed by atoms with Crippen molar-refractivity contribution < 1.29 is 53.9 Å². The first-order valence-electron chi connectivity index (χ1n) is 18.4. The number of phenols is 3. The number of carboxylic acid groups (broad SMARTS) is 1. The van der Waals surface area contributed by atoms with Crippen molar-refractivity contribution in [1.29, 1.82) is 0 Å². The molecule has 0 radical (unpaired) electrons. The number of hydrogen-bond donors (Lipinski definition) is 9. The van der Waals surface area contributed by atoms with Crippen LogP contribution in [0.5, 0.6) is 28.7 Å². The Morgan fingerprint density at radius 2 is 1.16 bits per heavy atom. The average molecular weight is 830 g/mol. The molecule has 6 rings (SSSR count). The minimum atomic E-state index is -1.42. The molecule has 1 heterocycles. The van der Waals surface area contributed by atoms with Crippen LogP contribution in [0.15, 0.2) is 103 Å². The molecule has 18 nitrogen and oxygen atoms in total. The fourth-order valence-corrected chi connectivity index (χ4v) is 6.18. The van der Waals surface area contributed by atoms with Crippen LogP contribution in [0.2, 0.25) is 0 Å². The van der Waals surface area contributed by atoms with Crippen molar-refractivity contribution in [3.8, 4) is 28.7 Å². The van der Waals surface area contributed by atoms with E-state index in [0.29, 0.717) is 16.9 Å². The number of aromatic hydroxyl groups is 3. The Labute approximate surface area is 347 Å². The van der Waals surface area contributed by atoms with Gasteiger partial charge >= 0.3 is 5.97 Å². The molecule has 0 saturated heterocycles. The molecule has 0 bridgehead atoms. The third-order valence-electron chi connectivity index (χ3n) is 9.41. The maximum atomic E-state index is 13.5. The second-order valence-electron chi connectivity index (χ2n) is 13.4. The van der Waals surface area contributed by atoms with Gasteiger partial charge in [0, 0.05) is 23.2 Å². The van der Waals surface area contributed by atoms with Gasteiger partial charge in [-0.25, -0.2) is 4.79 Å². The summed E-state index contributed by atoms with van der Waals surface area (Å²) in [5, 5.41) is 60.9. The summed E-state index contributed by atoms with van der Waals surface area (Å²) >= 11 is 0. The number of anilines is 3. The lowest BCUT2D eigenvalue weighted by Crippen LogP contribution is -2.45. The Morgan fingerprint density at radius 1 is 0.639 bits per heavy atom. The molecule has 1 aromatic heterocycles. The standard InChI is InChI=1S/C43H39N7O11/c1-60-37-32(19-17-30(35(37)52)41(56)47-33-20-18-31(43(58)59)36(53)38(33)61-2)46-39(54)26-11-13-27(14-12-26)45-42(57)34(21-28-22-44-50-49-28)48-40(55)25-9-5-23(6-10-25)3-4-24-7-15-29(51)16-8-24/h5-20,22,34,51-53H,3-4,21H2,1-2H3,(H,45,57)(H,46,54)(H,47,56)(H,48,55)(H,58,59)(H,44,49,50)/t34-/m0/s1. The number of carbonyl (C=O) groups is 5. The van der Waals surface area contributed by atoms with Crippen LogP contribution in [0.4, 0.5) is 17.1 Å². The summed E-state index contributed by atoms with van der Waals surface area (Å²) in [4.78, 5) is 64.7. The van der Waals surface area contributed by atoms with Crippen molar-refractivity contribution in [2.24, 2.45) is 0 Å². The number of ether oxygens (including phenoxy) is 2. The van der Waals surface area contributed by atoms with Gasteiger partial charge in [-0.3, -0.25) is 19.2 Å². The van der Waals surface area contributed by atoms with Gasteiger partial charge in [-0.1, -0.05) is 24.3 Å². The second kappa shape index (κ2) is 18.9. The van der Waals surface area contributed by atoms with Crippen LogP contribution >= 0.6 is 0 Å². The minimum absolute atomic E-state index is 0.00938. The average Bonchev–Trinajstić information content (AvgIpc) is 3.77. The van der Waals surface area contributed by atoms with E-state index >= 15 is 0 Å². The first-order valence-corrected chi connectivity index (χ1v) is 18.4. The molecule has 4 amide bonds. The molecule has 0 saturated carbocycles. The number of aromatic carboxylic acids is 1. The fourth-order valence-electron chi connectivity index (χ4n) is 6.18. The topological polar surface area (TPSA) is 274 Å². The minimum Gasteiger partial charge on any atom is -0.508 e. The van der Waals surface area contributed by atoms with Gasteiger partial charge in [-0.15, -0.1) is 0 Å². The number of phenolic OH excluding ortho intramolecular Hbond substituents is 2. The van der Waals surface area contributed by atoms with E-state index in [2.05, 4.69) is 36.7 Å². The van der Waals surface area contributed by atoms with E-state index in [-0.39, 0.29) is 46.2 Å². The first kappa shape index (κ1) is 42.2. The molecule has 18 heteroatoms. The Morgan fingerprint density at radius 3 is 1.72 bits per heavy atom. The van der Waals surface area contributed by atoms with Crippen LogP contribution in [0.1, 0.15) is 58.3 Å². The molecule has 0 aliphatic rings. The number of amides is 4. The SMILES string of the molecule is COc1c(NC(=O)c2ccc(NC(=O)c3ccc(NC(=O)[C@H](Cc4cn[nH]n4)NC(=O)c4ccc(CCc5ccc(O)cc5)cc4)cc3)c(OC)c2O)ccc(C(=O)O)c1O. The van der Waals surface area contributed by atoms with Gasteiger partial charge in [0.25, 0.3) is 17.7 Å². The molecule has 312 valence electrons. The monoisotopic (exact) mass is 829 g/mol. The second-order valence-corrected chi connectivity index (χ2v) is 13.4. The number of benzene rings is 5. The normalized spacial score (nSPS) is 11.2. The molecule has 0 fully saturated rings. The molecule has 5 aromatic carbocycles. The summed E-state index contributed by atoms with van der Waals surface area (Å²) in [7, 11) is 2.38. The predicted octanol–water partition coefficient (Wildman–Crippen LogP) is 4.91. The lowest BCUT2D eigenvalue weighted by molar-refractivity contribution is -0.118. The number of nitrogens with zero attached hydrogens (tertiary/aromatic N) is 2. The zero-order chi connectivity index (χ0) is 43.6. The fraction of sp³-hybridized carbons (Fsp3) is 0.140. The highest BCUT2D eigenvalue weighted by Crippen LogP contribution is 2.40. The number of carbonyl (C=O) groups excluding carboxylic acids is 4. The molecular weight excluding hydrogens is 791 g/mol. The third kappa shape index (κ3) is 10.2. The molecule has 61 heavy (non-hydrogen) atoms. The summed E-state index contributed by atoms with van der Waals surface area (Å²) in [6.45, 7) is 0. The van der Waals surface area contributed by atoms with Gasteiger partial charge in [0.05, 0.1) is 43.0 Å². The van der Waals surface area contributed by atoms with Gasteiger partial charge in [-0.05, 0) is 96.8 Å². The molecule has 1 atom stereocenters. The molecule has 0 aliphatic heterocycles. The zero-order valence-corrected chi connectivity index (χ0v) is 32.6. The predicted molar refractivity (Wildman–Crippen MR) is 221 cm³/mol. The van der Waals surface area contributed by atoms with Crippen molar-refractivity contribution in [2.75, 3.05) is 30.2 Å². The van der Waals surface area contributed by atoms with E-state index in [1.165, 1.54) is 62.9 Å². The largest absolute Gasteiger partial charge is 0.508 e. The molecular formula is C43H39N7O11. The summed E-state index contributed by atoms with van der Waals surface area (Å²) in [6, 6.07) is 23.6. The van der Waals surface area contributed by atoms with Gasteiger partial charge in [0.2, 0.25) is 5.91 Å². The highest BCUT2D eigenvalue weighted by atomic mass is 16.5. The first-order chi connectivity index (χ1) is 29.3. The Kier molecular flexibility index (Phi) is 13.1. The van der Waals surface area contributed by atoms with Gasteiger partial charge < -0.3 is 51.2 Å². The zero-order valence-electron chi connectivity index (χ0n) is 32.6. The Balaban J connectivity index is 1.09. The van der Waals surface area contributed by atoms with Gasteiger partial charge in [0.1, 0.15) is 17.4 Å². The smallest absolute Gasteiger partial charge is 0.339 e. The Hall–Kier alpha value is -8.41. The quantitative estimate of drug-likeness (QED) is 0.0628. The number of carboxylic acids is 1. The van der Waals surface area contributed by atoms with Crippen molar-refractivity contribution >= 4 is 46.7 Å². The lowest BCUT2D eigenvalue weighted by atomic mass is 10.0. The third-order valence-corrected chi connectivity index (χ3v) is 9.41. The van der Waals surface area contributed by atoms with Crippen molar-refractivity contribution in [3.63, 3.8) is 0 Å². The maximum absolute atomic E-state index is 13.5. The summed E-state index contributed by atoms with van der Waals surface area (Å²) in [6.07, 6.45) is 2.92. The van der Waals surface area contributed by atoms with Crippen LogP contribution in [0, 0.1) is 0 Å². The van der Waals surface area contributed by atoms with Crippen LogP contribution < -0.4 is 30.7 Å². The molecule has 0 aliphatic carbocycles. The van der Waals surface area contributed by atoms with E-state index in [4.69, 9.17) is 9.47 Å². The number of aryl methyl sites for hydroxylation is 2. The number of nitrogens with one attached hydrogen (secondary N) is 5. The highest BCUT2D eigenvalue weighted by Gasteiger charge is 2.25. The maximum Gasteiger partial charge on any atom is 0.339 e. The van der Waals surface area contributed by atoms with Crippen molar-refractivity contribution in [1.82, 2.24) is 20.7 Å². The molecule has 9 N–H and O–H groups in total. The number of methoxy groups -OCH3 is 2. The summed E-state index contributed by atoms with van der Waals surface area (Å²) in [5.74, 6) is -5.67. The van der Waals surface area contributed by atoms with Gasteiger partial charge in [0.15, 0.2) is 23.0 Å². The lowest BCUT2D eigenvalue weighted by Gasteiger charge is -2.18. The number of rotatable bonds is 16. The molecule has 0 unspecified atom stereocenters. The van der Waals surface area contributed by atoms with E-state index in [1.54, 1.807) is 24.3 Å². The molecule has 6 aromatic rings. The van der Waals surface area contributed by atoms with E-state index in [1.807, 2.05) is 24.3 Å². The van der Waals surface area contributed by atoms with E-state index < -0.39 is 52.7 Å².